The number of methoxy groups -OCH3 is 1. The minimum Gasteiger partial charge on any atom is -0.497 e. The van der Waals surface area contributed by atoms with Gasteiger partial charge in [-0.25, -0.2) is 0 Å². The van der Waals surface area contributed by atoms with E-state index in [1.807, 2.05) is 18.2 Å². The van der Waals surface area contributed by atoms with Crippen LogP contribution in [-0.2, 0) is 0 Å². The van der Waals surface area contributed by atoms with E-state index in [9.17, 15) is 0 Å². The Morgan fingerprint density at radius 3 is 2.94 bits per heavy atom. The predicted octanol–water partition coefficient (Wildman–Crippen LogP) is 2.88. The first-order chi connectivity index (χ1) is 8.70. The Morgan fingerprint density at radius 2 is 2.33 bits per heavy atom. The van der Waals surface area contributed by atoms with Gasteiger partial charge < -0.3 is 15.8 Å². The van der Waals surface area contributed by atoms with Gasteiger partial charge in [0.2, 0.25) is 0 Å². The highest BCUT2D eigenvalue weighted by Gasteiger charge is 2.18. The molecule has 2 unspecified atom stereocenters. The van der Waals surface area contributed by atoms with Gasteiger partial charge in [0, 0.05) is 17.1 Å². The summed E-state index contributed by atoms with van der Waals surface area (Å²) < 4.78 is 5.14. The number of rotatable bonds is 4. The lowest BCUT2D eigenvalue weighted by Crippen LogP contribution is -2.36. The van der Waals surface area contributed by atoms with Crippen molar-refractivity contribution in [3.8, 4) is 5.75 Å². The van der Waals surface area contributed by atoms with Crippen LogP contribution in [0, 0.1) is 0 Å². The van der Waals surface area contributed by atoms with Crippen molar-refractivity contribution < 1.29 is 4.74 Å². The number of benzene rings is 1. The van der Waals surface area contributed by atoms with Gasteiger partial charge in [-0.3, -0.25) is 0 Å². The first-order valence-electron chi connectivity index (χ1n) is 6.53. The van der Waals surface area contributed by atoms with Gasteiger partial charge in [-0.2, -0.15) is 0 Å². The minimum atomic E-state index is -0.0148. The van der Waals surface area contributed by atoms with E-state index in [0.29, 0.717) is 11.1 Å². The van der Waals surface area contributed by atoms with E-state index in [4.69, 9.17) is 22.1 Å². The first kappa shape index (κ1) is 13.7. The maximum atomic E-state index is 6.25. The Bertz CT molecular complexity index is 391. The van der Waals surface area contributed by atoms with Crippen LogP contribution in [0.4, 0.5) is 0 Å². The van der Waals surface area contributed by atoms with E-state index in [1.165, 1.54) is 19.3 Å². The Labute approximate surface area is 114 Å². The molecule has 100 valence electrons. The molecule has 18 heavy (non-hydrogen) atoms. The van der Waals surface area contributed by atoms with Crippen molar-refractivity contribution in [1.82, 2.24) is 5.32 Å². The summed E-state index contributed by atoms with van der Waals surface area (Å²) in [5.74, 6) is 0.770. The molecule has 0 saturated carbocycles. The van der Waals surface area contributed by atoms with Crippen molar-refractivity contribution in [3.05, 3.63) is 28.8 Å². The van der Waals surface area contributed by atoms with Crippen LogP contribution in [0.3, 0.4) is 0 Å². The second-order valence-corrected chi connectivity index (χ2v) is 5.28. The summed E-state index contributed by atoms with van der Waals surface area (Å²) >= 11 is 6.24. The molecule has 1 saturated heterocycles. The molecule has 1 aliphatic rings. The molecule has 1 fully saturated rings. The molecule has 0 spiro atoms. The third-order valence-corrected chi connectivity index (χ3v) is 3.89. The third kappa shape index (κ3) is 3.37. The monoisotopic (exact) mass is 268 g/mol. The molecule has 1 aromatic carbocycles. The molecule has 4 heteroatoms. The Hall–Kier alpha value is -0.770. The summed E-state index contributed by atoms with van der Waals surface area (Å²) in [6.45, 7) is 1.10. The van der Waals surface area contributed by atoms with E-state index in [-0.39, 0.29) is 6.04 Å². The number of piperidine rings is 1. The zero-order valence-electron chi connectivity index (χ0n) is 10.8. The highest BCUT2D eigenvalue weighted by atomic mass is 35.5. The standard InChI is InChI=1S/C14H21ClN2O/c1-18-11-5-6-12(13(15)9-11)14(16)8-10-4-2-3-7-17-10/h5-6,9-10,14,17H,2-4,7-8,16H2,1H3. The molecule has 3 nitrogen and oxygen atoms in total. The van der Waals surface area contributed by atoms with Gasteiger partial charge in [0.25, 0.3) is 0 Å². The molecule has 0 radical (unpaired) electrons. The average molecular weight is 269 g/mol. The summed E-state index contributed by atoms with van der Waals surface area (Å²) in [6, 6.07) is 6.21. The Kier molecular flexibility index (Phi) is 4.87. The summed E-state index contributed by atoms with van der Waals surface area (Å²) in [4.78, 5) is 0. The second-order valence-electron chi connectivity index (χ2n) is 4.88. The summed E-state index contributed by atoms with van der Waals surface area (Å²) in [7, 11) is 1.64. The molecule has 0 aliphatic carbocycles. The van der Waals surface area contributed by atoms with Crippen molar-refractivity contribution in [3.63, 3.8) is 0 Å². The number of nitrogens with one attached hydrogen (secondary N) is 1. The van der Waals surface area contributed by atoms with Crippen LogP contribution in [0.2, 0.25) is 5.02 Å². The van der Waals surface area contributed by atoms with Crippen molar-refractivity contribution >= 4 is 11.6 Å². The van der Waals surface area contributed by atoms with Crippen LogP contribution in [0.5, 0.6) is 5.75 Å². The minimum absolute atomic E-state index is 0.0148. The molecule has 1 aromatic rings. The van der Waals surface area contributed by atoms with E-state index in [2.05, 4.69) is 5.32 Å². The number of hydrogen-bond acceptors (Lipinski definition) is 3. The normalized spacial score (nSPS) is 21.6. The van der Waals surface area contributed by atoms with Gasteiger partial charge in [-0.1, -0.05) is 24.1 Å². The van der Waals surface area contributed by atoms with Crippen LogP contribution in [0.25, 0.3) is 0 Å². The van der Waals surface area contributed by atoms with Gasteiger partial charge in [-0.15, -0.1) is 0 Å². The maximum Gasteiger partial charge on any atom is 0.120 e. The maximum absolute atomic E-state index is 6.25. The lowest BCUT2D eigenvalue weighted by molar-refractivity contribution is 0.362. The zero-order valence-corrected chi connectivity index (χ0v) is 11.5. The largest absolute Gasteiger partial charge is 0.497 e. The highest BCUT2D eigenvalue weighted by molar-refractivity contribution is 6.31. The summed E-state index contributed by atoms with van der Waals surface area (Å²) in [5, 5.41) is 4.21. The molecule has 0 aromatic heterocycles. The van der Waals surface area contributed by atoms with Gasteiger partial charge in [0.15, 0.2) is 0 Å². The summed E-state index contributed by atoms with van der Waals surface area (Å²) in [5.41, 5.74) is 7.26. The Balaban J connectivity index is 2.01. The fourth-order valence-electron chi connectivity index (χ4n) is 2.49. The van der Waals surface area contributed by atoms with Gasteiger partial charge in [0.05, 0.1) is 7.11 Å². The zero-order chi connectivity index (χ0) is 13.0. The van der Waals surface area contributed by atoms with Gasteiger partial charge in [0.1, 0.15) is 5.75 Å². The van der Waals surface area contributed by atoms with Gasteiger partial charge >= 0.3 is 0 Å². The average Bonchev–Trinajstić information content (AvgIpc) is 2.39. The SMILES string of the molecule is COc1ccc(C(N)CC2CCCCN2)c(Cl)c1. The summed E-state index contributed by atoms with van der Waals surface area (Å²) in [6.07, 6.45) is 4.71. The molecular formula is C14H21ClN2O. The van der Waals surface area contributed by atoms with E-state index >= 15 is 0 Å². The molecule has 2 atom stereocenters. The van der Waals surface area contributed by atoms with Crippen LogP contribution < -0.4 is 15.8 Å². The molecule has 1 aliphatic heterocycles. The first-order valence-corrected chi connectivity index (χ1v) is 6.91. The number of nitrogens with two attached hydrogens (primary N) is 1. The van der Waals surface area contributed by atoms with E-state index in [0.717, 1.165) is 24.3 Å². The van der Waals surface area contributed by atoms with Crippen molar-refractivity contribution in [2.24, 2.45) is 5.73 Å². The number of hydrogen-bond donors (Lipinski definition) is 2. The molecule has 0 bridgehead atoms. The predicted molar refractivity (Wildman–Crippen MR) is 75.2 cm³/mol. The van der Waals surface area contributed by atoms with Crippen LogP contribution in [0.1, 0.15) is 37.3 Å². The van der Waals surface area contributed by atoms with Crippen molar-refractivity contribution in [2.45, 2.75) is 37.8 Å². The van der Waals surface area contributed by atoms with Crippen molar-refractivity contribution in [2.75, 3.05) is 13.7 Å². The van der Waals surface area contributed by atoms with Crippen LogP contribution >= 0.6 is 11.6 Å². The molecule has 2 rings (SSSR count). The number of ether oxygens (including phenoxy) is 1. The number of halogens is 1. The topological polar surface area (TPSA) is 47.3 Å². The highest BCUT2D eigenvalue weighted by Crippen LogP contribution is 2.29. The lowest BCUT2D eigenvalue weighted by Gasteiger charge is -2.26. The van der Waals surface area contributed by atoms with Crippen molar-refractivity contribution in [1.29, 1.82) is 0 Å². The molecule has 1 heterocycles. The van der Waals surface area contributed by atoms with E-state index < -0.39 is 0 Å². The lowest BCUT2D eigenvalue weighted by atomic mass is 9.94. The smallest absolute Gasteiger partial charge is 0.120 e. The fraction of sp³-hybridized carbons (Fsp3) is 0.571. The Morgan fingerprint density at radius 1 is 1.50 bits per heavy atom. The molecular weight excluding hydrogens is 248 g/mol. The van der Waals surface area contributed by atoms with Crippen LogP contribution in [-0.4, -0.2) is 19.7 Å². The molecule has 0 amide bonds. The third-order valence-electron chi connectivity index (χ3n) is 3.56. The second kappa shape index (κ2) is 6.41. The molecule has 3 N–H and O–H groups in total. The van der Waals surface area contributed by atoms with Gasteiger partial charge in [-0.05, 0) is 43.5 Å². The van der Waals surface area contributed by atoms with E-state index in [1.54, 1.807) is 7.11 Å². The van der Waals surface area contributed by atoms with Crippen LogP contribution in [0.15, 0.2) is 18.2 Å². The fourth-order valence-corrected chi connectivity index (χ4v) is 2.80. The quantitative estimate of drug-likeness (QED) is 0.883.